The van der Waals surface area contributed by atoms with E-state index in [0.717, 1.165) is 37.0 Å². The predicted octanol–water partition coefficient (Wildman–Crippen LogP) is 2.50. The Kier molecular flexibility index (Phi) is 9.20. The molecule has 1 aliphatic rings. The van der Waals surface area contributed by atoms with Crippen LogP contribution < -0.4 is 24.8 Å². The van der Waals surface area contributed by atoms with Crippen LogP contribution in [0.1, 0.15) is 31.7 Å². The zero-order chi connectivity index (χ0) is 20.4. The number of likely N-dealkylation sites (tertiary alicyclic amines) is 1. The number of ether oxygens (including phenoxy) is 3. The summed E-state index contributed by atoms with van der Waals surface area (Å²) in [7, 11) is 6.64. The van der Waals surface area contributed by atoms with Crippen molar-refractivity contribution in [3.63, 3.8) is 0 Å². The summed E-state index contributed by atoms with van der Waals surface area (Å²) in [5.74, 6) is 3.58. The van der Waals surface area contributed by atoms with Gasteiger partial charge in [-0.3, -0.25) is 4.99 Å². The Bertz CT molecular complexity index is 603. The minimum atomic E-state index is 0.600. The van der Waals surface area contributed by atoms with E-state index < -0.39 is 0 Å². The Balaban J connectivity index is 1.79. The van der Waals surface area contributed by atoms with Crippen molar-refractivity contribution >= 4 is 5.96 Å². The van der Waals surface area contributed by atoms with E-state index in [1.54, 1.807) is 28.4 Å². The molecule has 0 radical (unpaired) electrons. The van der Waals surface area contributed by atoms with E-state index in [1.807, 2.05) is 12.1 Å². The van der Waals surface area contributed by atoms with E-state index in [0.29, 0.717) is 23.8 Å². The van der Waals surface area contributed by atoms with Gasteiger partial charge in [0.05, 0.1) is 21.3 Å². The molecule has 28 heavy (non-hydrogen) atoms. The molecule has 0 bridgehead atoms. The molecule has 1 aromatic carbocycles. The molecular weight excluding hydrogens is 356 g/mol. The van der Waals surface area contributed by atoms with Crippen molar-refractivity contribution in [2.24, 2.45) is 10.9 Å². The molecule has 0 unspecified atom stereocenters. The lowest BCUT2D eigenvalue weighted by Crippen LogP contribution is -2.39. The Morgan fingerprint density at radius 2 is 1.71 bits per heavy atom. The molecule has 7 nitrogen and oxygen atoms in total. The van der Waals surface area contributed by atoms with Crippen molar-refractivity contribution in [1.82, 2.24) is 15.5 Å². The summed E-state index contributed by atoms with van der Waals surface area (Å²) in [4.78, 5) is 6.87. The quantitative estimate of drug-likeness (QED) is 0.382. The summed E-state index contributed by atoms with van der Waals surface area (Å²) in [5, 5.41) is 6.74. The topological polar surface area (TPSA) is 67.4 Å². The van der Waals surface area contributed by atoms with Crippen molar-refractivity contribution in [3.05, 3.63) is 17.7 Å². The molecule has 1 aliphatic heterocycles. The van der Waals surface area contributed by atoms with Crippen LogP contribution in [-0.4, -0.2) is 65.4 Å². The van der Waals surface area contributed by atoms with Crippen LogP contribution in [0.15, 0.2) is 17.1 Å². The van der Waals surface area contributed by atoms with Crippen LogP contribution in [0, 0.1) is 5.92 Å². The summed E-state index contributed by atoms with van der Waals surface area (Å²) in [6.07, 6.45) is 3.76. The van der Waals surface area contributed by atoms with Crippen molar-refractivity contribution in [1.29, 1.82) is 0 Å². The molecule has 158 valence electrons. The smallest absolute Gasteiger partial charge is 0.203 e. The van der Waals surface area contributed by atoms with E-state index >= 15 is 0 Å². The maximum absolute atomic E-state index is 5.41. The van der Waals surface area contributed by atoms with Crippen molar-refractivity contribution in [3.8, 4) is 17.2 Å². The monoisotopic (exact) mass is 392 g/mol. The number of methoxy groups -OCH3 is 3. The fourth-order valence-corrected chi connectivity index (χ4v) is 3.44. The third-order valence-electron chi connectivity index (χ3n) is 5.23. The second-order valence-corrected chi connectivity index (χ2v) is 7.26. The number of benzene rings is 1. The molecule has 1 heterocycles. The second-order valence-electron chi connectivity index (χ2n) is 7.26. The highest BCUT2D eigenvalue weighted by atomic mass is 16.5. The summed E-state index contributed by atoms with van der Waals surface area (Å²) < 4.78 is 16.2. The molecule has 2 N–H and O–H groups in total. The van der Waals surface area contributed by atoms with Gasteiger partial charge < -0.3 is 29.7 Å². The van der Waals surface area contributed by atoms with Gasteiger partial charge in [-0.2, -0.15) is 0 Å². The van der Waals surface area contributed by atoms with Crippen LogP contribution in [0.4, 0.5) is 0 Å². The lowest BCUT2D eigenvalue weighted by atomic mass is 9.99. The first-order valence-corrected chi connectivity index (χ1v) is 10.1. The SMILES string of the molecule is CN=C(NCCCN1CCC(C)CC1)NCc1cc(OC)c(OC)c(OC)c1. The molecule has 1 saturated heterocycles. The van der Waals surface area contributed by atoms with Crippen molar-refractivity contribution in [2.75, 3.05) is 54.6 Å². The molecule has 0 atom stereocenters. The van der Waals surface area contributed by atoms with Crippen LogP contribution in [0.5, 0.6) is 17.2 Å². The highest BCUT2D eigenvalue weighted by Crippen LogP contribution is 2.38. The molecular formula is C21H36N4O3. The minimum Gasteiger partial charge on any atom is -0.493 e. The normalized spacial score (nSPS) is 16.0. The average molecular weight is 393 g/mol. The van der Waals surface area contributed by atoms with Crippen LogP contribution >= 0.6 is 0 Å². The van der Waals surface area contributed by atoms with Gasteiger partial charge in [-0.15, -0.1) is 0 Å². The Morgan fingerprint density at radius 3 is 2.25 bits per heavy atom. The third kappa shape index (κ3) is 6.48. The van der Waals surface area contributed by atoms with E-state index in [2.05, 4.69) is 27.4 Å². The number of rotatable bonds is 9. The summed E-state index contributed by atoms with van der Waals surface area (Å²) in [6, 6.07) is 3.89. The first-order chi connectivity index (χ1) is 13.6. The summed E-state index contributed by atoms with van der Waals surface area (Å²) >= 11 is 0. The highest BCUT2D eigenvalue weighted by molar-refractivity contribution is 5.79. The van der Waals surface area contributed by atoms with Crippen LogP contribution in [0.3, 0.4) is 0 Å². The van der Waals surface area contributed by atoms with E-state index in [1.165, 1.54) is 25.9 Å². The van der Waals surface area contributed by atoms with Gasteiger partial charge in [-0.1, -0.05) is 6.92 Å². The molecule has 0 spiro atoms. The Hall–Kier alpha value is -2.15. The van der Waals surface area contributed by atoms with Gasteiger partial charge in [0.2, 0.25) is 5.75 Å². The van der Waals surface area contributed by atoms with Crippen molar-refractivity contribution < 1.29 is 14.2 Å². The number of guanidine groups is 1. The molecule has 0 amide bonds. The zero-order valence-electron chi connectivity index (χ0n) is 18.0. The highest BCUT2D eigenvalue weighted by Gasteiger charge is 2.15. The molecule has 2 rings (SSSR count). The number of aliphatic imine (C=N–C) groups is 1. The Labute approximate surface area is 169 Å². The third-order valence-corrected chi connectivity index (χ3v) is 5.23. The molecule has 0 aliphatic carbocycles. The van der Waals surface area contributed by atoms with Crippen LogP contribution in [0.2, 0.25) is 0 Å². The number of piperidine rings is 1. The van der Waals surface area contributed by atoms with E-state index in [-0.39, 0.29) is 0 Å². The van der Waals surface area contributed by atoms with Crippen LogP contribution in [-0.2, 0) is 6.54 Å². The van der Waals surface area contributed by atoms with Crippen LogP contribution in [0.25, 0.3) is 0 Å². The van der Waals surface area contributed by atoms with Gasteiger partial charge in [0.15, 0.2) is 17.5 Å². The lowest BCUT2D eigenvalue weighted by Gasteiger charge is -2.30. The number of hydrogen-bond donors (Lipinski definition) is 2. The number of hydrogen-bond acceptors (Lipinski definition) is 5. The molecule has 7 heteroatoms. The number of nitrogens with one attached hydrogen (secondary N) is 2. The molecule has 1 fully saturated rings. The second kappa shape index (κ2) is 11.6. The predicted molar refractivity (Wildman–Crippen MR) is 114 cm³/mol. The lowest BCUT2D eigenvalue weighted by molar-refractivity contribution is 0.191. The van der Waals surface area contributed by atoms with Gasteiger partial charge in [-0.05, 0) is 62.5 Å². The maximum Gasteiger partial charge on any atom is 0.203 e. The Morgan fingerprint density at radius 1 is 1.07 bits per heavy atom. The fraction of sp³-hybridized carbons (Fsp3) is 0.667. The maximum atomic E-state index is 5.41. The first kappa shape index (κ1) is 22.1. The van der Waals surface area contributed by atoms with Gasteiger partial charge in [0.1, 0.15) is 0 Å². The van der Waals surface area contributed by atoms with E-state index in [9.17, 15) is 0 Å². The molecule has 1 aromatic rings. The summed E-state index contributed by atoms with van der Waals surface area (Å²) in [5.41, 5.74) is 1.03. The molecule has 0 aromatic heterocycles. The largest absolute Gasteiger partial charge is 0.493 e. The van der Waals surface area contributed by atoms with Gasteiger partial charge in [-0.25, -0.2) is 0 Å². The standard InChI is InChI=1S/C21H36N4O3/c1-16-7-11-25(12-8-16)10-6-9-23-21(22-2)24-15-17-13-18(26-3)20(28-5)19(14-17)27-4/h13-14,16H,6-12,15H2,1-5H3,(H2,22,23,24). The fourth-order valence-electron chi connectivity index (χ4n) is 3.44. The average Bonchev–Trinajstić information content (AvgIpc) is 2.73. The molecule has 0 saturated carbocycles. The minimum absolute atomic E-state index is 0.600. The summed E-state index contributed by atoms with van der Waals surface area (Å²) in [6.45, 7) is 7.47. The van der Waals surface area contributed by atoms with Gasteiger partial charge in [0.25, 0.3) is 0 Å². The number of nitrogens with zero attached hydrogens (tertiary/aromatic N) is 2. The first-order valence-electron chi connectivity index (χ1n) is 10.1. The van der Waals surface area contributed by atoms with Gasteiger partial charge in [0, 0.05) is 20.1 Å². The van der Waals surface area contributed by atoms with E-state index in [4.69, 9.17) is 14.2 Å². The van der Waals surface area contributed by atoms with Crippen molar-refractivity contribution in [2.45, 2.75) is 32.7 Å². The van der Waals surface area contributed by atoms with Gasteiger partial charge >= 0.3 is 0 Å². The zero-order valence-corrected chi connectivity index (χ0v) is 18.0.